The van der Waals surface area contributed by atoms with E-state index in [-0.39, 0.29) is 0 Å². The molecule has 0 aromatic carbocycles. The number of ether oxygens (including phenoxy) is 2. The number of aryl methyl sites for hydroxylation is 1. The van der Waals surface area contributed by atoms with Gasteiger partial charge in [-0.05, 0) is 19.8 Å². The Bertz CT molecular complexity index is 623. The summed E-state index contributed by atoms with van der Waals surface area (Å²) in [6, 6.07) is 0. The maximum absolute atomic E-state index is 12.1. The van der Waals surface area contributed by atoms with Crippen molar-refractivity contribution < 1.29 is 19.1 Å². The number of esters is 2. The van der Waals surface area contributed by atoms with Crippen LogP contribution in [0, 0.1) is 6.92 Å². The first-order chi connectivity index (χ1) is 10.5. The molecule has 1 aromatic rings. The van der Waals surface area contributed by atoms with Gasteiger partial charge in [-0.1, -0.05) is 6.42 Å². The highest BCUT2D eigenvalue weighted by atomic mass is 16.7. The molecule has 2 aliphatic rings. The molecule has 1 aromatic heterocycles. The summed E-state index contributed by atoms with van der Waals surface area (Å²) < 4.78 is 12.3. The van der Waals surface area contributed by atoms with Gasteiger partial charge in [-0.3, -0.25) is 4.57 Å². The molecule has 1 N–H and O–H groups in total. The molecule has 2 fully saturated rings. The minimum atomic E-state index is -1.10. The summed E-state index contributed by atoms with van der Waals surface area (Å²) in [6.07, 6.45) is 3.85. The summed E-state index contributed by atoms with van der Waals surface area (Å²) >= 11 is 0. The average Bonchev–Trinajstić information content (AvgIpc) is 2.79. The highest BCUT2D eigenvalue weighted by Gasteiger charge is 2.47. The van der Waals surface area contributed by atoms with E-state index in [4.69, 9.17) is 9.47 Å². The first kappa shape index (κ1) is 14.5. The Labute approximate surface area is 126 Å². The number of hydrogen-bond acceptors (Lipinski definition) is 8. The molecule has 3 rings (SSSR count). The van der Waals surface area contributed by atoms with Crippen LogP contribution in [0.1, 0.15) is 37.9 Å². The van der Waals surface area contributed by atoms with E-state index >= 15 is 0 Å². The minimum Gasteiger partial charge on any atom is -0.417 e. The highest BCUT2D eigenvalue weighted by molar-refractivity contribution is 6.63. The Morgan fingerprint density at radius 1 is 1.14 bits per heavy atom. The lowest BCUT2D eigenvalue weighted by Crippen LogP contribution is -2.51. The zero-order valence-electron chi connectivity index (χ0n) is 12.5. The van der Waals surface area contributed by atoms with Crippen LogP contribution in [0.3, 0.4) is 0 Å². The lowest BCUT2D eigenvalue weighted by atomic mass is 9.93. The fourth-order valence-electron chi connectivity index (χ4n) is 2.53. The number of nitrogens with zero attached hydrogens (tertiary/aromatic N) is 4. The first-order valence-corrected chi connectivity index (χ1v) is 7.17. The molecule has 9 nitrogen and oxygen atoms in total. The predicted octanol–water partition coefficient (Wildman–Crippen LogP) is 0.652. The van der Waals surface area contributed by atoms with E-state index in [2.05, 4.69) is 20.7 Å². The number of hydrogen-bond donors (Lipinski definition) is 1. The summed E-state index contributed by atoms with van der Waals surface area (Å²) in [5, 5.41) is 11.4. The van der Waals surface area contributed by atoms with Gasteiger partial charge < -0.3 is 9.47 Å². The van der Waals surface area contributed by atoms with Crippen molar-refractivity contribution in [3.8, 4) is 0 Å². The number of hydrazone groups is 1. The van der Waals surface area contributed by atoms with Gasteiger partial charge >= 0.3 is 11.9 Å². The summed E-state index contributed by atoms with van der Waals surface area (Å²) in [4.78, 5) is 24.1. The Kier molecular flexibility index (Phi) is 3.55. The van der Waals surface area contributed by atoms with E-state index in [1.807, 2.05) is 0 Å². The second-order valence-electron chi connectivity index (χ2n) is 5.45. The van der Waals surface area contributed by atoms with Gasteiger partial charge in [-0.25, -0.2) is 15.0 Å². The van der Waals surface area contributed by atoms with E-state index in [1.165, 1.54) is 0 Å². The van der Waals surface area contributed by atoms with E-state index in [1.54, 1.807) is 18.5 Å². The molecule has 1 spiro atoms. The second-order valence-corrected chi connectivity index (χ2v) is 5.45. The van der Waals surface area contributed by atoms with Crippen molar-refractivity contribution in [2.45, 2.75) is 44.8 Å². The molecule has 1 saturated carbocycles. The van der Waals surface area contributed by atoms with Crippen LogP contribution in [0.2, 0.25) is 0 Å². The maximum Gasteiger partial charge on any atom is 0.369 e. The lowest BCUT2D eigenvalue weighted by Gasteiger charge is -2.38. The number of aromatic nitrogens is 3. The molecular weight excluding hydrogens is 290 g/mol. The van der Waals surface area contributed by atoms with Crippen LogP contribution in [0.15, 0.2) is 5.10 Å². The maximum atomic E-state index is 12.1. The Balaban J connectivity index is 1.75. The van der Waals surface area contributed by atoms with Gasteiger partial charge in [-0.2, -0.15) is 5.10 Å². The summed E-state index contributed by atoms with van der Waals surface area (Å²) in [5.74, 6) is -1.68. The molecule has 0 bridgehead atoms. The summed E-state index contributed by atoms with van der Waals surface area (Å²) in [7, 11) is 1.73. The van der Waals surface area contributed by atoms with Crippen molar-refractivity contribution in [3.63, 3.8) is 0 Å². The topological polar surface area (TPSA) is 108 Å². The zero-order chi connectivity index (χ0) is 15.7. The number of rotatable bonds is 2. The molecule has 9 heteroatoms. The normalized spacial score (nSPS) is 20.5. The third-order valence-corrected chi connectivity index (χ3v) is 3.92. The van der Waals surface area contributed by atoms with Crippen LogP contribution in [-0.4, -0.2) is 38.2 Å². The molecule has 1 saturated heterocycles. The molecule has 22 heavy (non-hydrogen) atoms. The van der Waals surface area contributed by atoms with Crippen LogP contribution in [0.5, 0.6) is 0 Å². The third kappa shape index (κ3) is 2.53. The molecule has 0 amide bonds. The van der Waals surface area contributed by atoms with Crippen molar-refractivity contribution >= 4 is 23.6 Å². The van der Waals surface area contributed by atoms with Gasteiger partial charge in [0.2, 0.25) is 5.95 Å². The standard InChI is InChI=1S/C13H17N5O4/c1-8-14-16-12(18(8)2)17-15-9-10(19)21-13(22-11(9)20)6-4-3-5-7-13/h3-7H2,1-2H3,(H,16,17). The molecule has 2 heterocycles. The molecule has 0 radical (unpaired) electrons. The fraction of sp³-hybridized carbons (Fsp3) is 0.615. The van der Waals surface area contributed by atoms with Crippen molar-refractivity contribution in [2.24, 2.45) is 12.1 Å². The smallest absolute Gasteiger partial charge is 0.369 e. The van der Waals surface area contributed by atoms with Crippen LogP contribution < -0.4 is 5.43 Å². The average molecular weight is 307 g/mol. The second kappa shape index (κ2) is 5.39. The first-order valence-electron chi connectivity index (χ1n) is 7.17. The zero-order valence-corrected chi connectivity index (χ0v) is 12.5. The van der Waals surface area contributed by atoms with E-state index in [9.17, 15) is 9.59 Å². The van der Waals surface area contributed by atoms with Crippen LogP contribution in [-0.2, 0) is 26.1 Å². The molecule has 0 atom stereocenters. The number of anilines is 1. The number of nitrogens with one attached hydrogen (secondary N) is 1. The number of carbonyl (C=O) groups is 2. The van der Waals surface area contributed by atoms with Crippen LogP contribution in [0.4, 0.5) is 5.95 Å². The Morgan fingerprint density at radius 3 is 2.32 bits per heavy atom. The minimum absolute atomic E-state index is 0.309. The summed E-state index contributed by atoms with van der Waals surface area (Å²) in [5.41, 5.74) is 2.11. The Hall–Kier alpha value is -2.45. The monoisotopic (exact) mass is 307 g/mol. The van der Waals surface area contributed by atoms with Crippen LogP contribution in [0.25, 0.3) is 0 Å². The van der Waals surface area contributed by atoms with Crippen molar-refractivity contribution in [1.82, 2.24) is 14.8 Å². The molecular formula is C13H17N5O4. The van der Waals surface area contributed by atoms with Crippen molar-refractivity contribution in [2.75, 3.05) is 5.43 Å². The SMILES string of the molecule is Cc1nnc(NN=C2C(=O)OC3(CCCCC3)OC2=O)n1C. The van der Waals surface area contributed by atoms with Gasteiger partial charge in [-0.15, -0.1) is 10.2 Å². The predicted molar refractivity (Wildman–Crippen MR) is 74.8 cm³/mol. The largest absolute Gasteiger partial charge is 0.417 e. The highest BCUT2D eigenvalue weighted by Crippen LogP contribution is 2.35. The molecule has 118 valence electrons. The molecule has 0 unspecified atom stereocenters. The molecule has 1 aliphatic carbocycles. The van der Waals surface area contributed by atoms with Crippen molar-refractivity contribution in [3.05, 3.63) is 5.82 Å². The summed E-state index contributed by atoms with van der Waals surface area (Å²) in [6.45, 7) is 1.77. The van der Waals surface area contributed by atoms with Gasteiger partial charge in [0.15, 0.2) is 0 Å². The van der Waals surface area contributed by atoms with E-state index in [0.717, 1.165) is 19.3 Å². The number of carbonyl (C=O) groups excluding carboxylic acids is 2. The fourth-order valence-corrected chi connectivity index (χ4v) is 2.53. The van der Waals surface area contributed by atoms with Gasteiger partial charge in [0.05, 0.1) is 0 Å². The van der Waals surface area contributed by atoms with Crippen LogP contribution >= 0.6 is 0 Å². The quantitative estimate of drug-likeness (QED) is 0.631. The van der Waals surface area contributed by atoms with E-state index < -0.39 is 23.4 Å². The van der Waals surface area contributed by atoms with Crippen molar-refractivity contribution in [1.29, 1.82) is 0 Å². The van der Waals surface area contributed by atoms with E-state index in [0.29, 0.717) is 24.6 Å². The van der Waals surface area contributed by atoms with Gasteiger partial charge in [0.25, 0.3) is 11.5 Å². The van der Waals surface area contributed by atoms with Gasteiger partial charge in [0.1, 0.15) is 5.82 Å². The van der Waals surface area contributed by atoms with Gasteiger partial charge in [0, 0.05) is 19.9 Å². The Morgan fingerprint density at radius 2 is 1.77 bits per heavy atom. The third-order valence-electron chi connectivity index (χ3n) is 3.92. The lowest BCUT2D eigenvalue weighted by molar-refractivity contribution is -0.237. The molecule has 1 aliphatic heterocycles.